The zero-order valence-corrected chi connectivity index (χ0v) is 13.2. The maximum atomic E-state index is 12.1. The minimum absolute atomic E-state index is 0.315. The minimum Gasteiger partial charge on any atom is -0.462 e. The number of carbonyl (C=O) groups is 1. The number of carbonyl (C=O) groups excluding carboxylic acids is 1. The third kappa shape index (κ3) is 3.31. The maximum Gasteiger partial charge on any atom is 0.340 e. The molecule has 4 nitrogen and oxygen atoms in total. The van der Waals surface area contributed by atoms with E-state index in [1.807, 2.05) is 13.0 Å². The molecule has 1 aromatic rings. The number of hydrogen-bond donors (Lipinski definition) is 2. The molecule has 21 heavy (non-hydrogen) atoms. The molecule has 116 valence electrons. The van der Waals surface area contributed by atoms with Gasteiger partial charge in [0.15, 0.2) is 0 Å². The van der Waals surface area contributed by atoms with Gasteiger partial charge in [-0.1, -0.05) is 26.3 Å². The zero-order valence-electron chi connectivity index (χ0n) is 13.2. The summed E-state index contributed by atoms with van der Waals surface area (Å²) >= 11 is 0. The van der Waals surface area contributed by atoms with E-state index in [9.17, 15) is 4.79 Å². The second kappa shape index (κ2) is 6.83. The topological polar surface area (TPSA) is 64.3 Å². The average Bonchev–Trinajstić information content (AvgIpc) is 2.82. The van der Waals surface area contributed by atoms with Crippen LogP contribution >= 0.6 is 0 Å². The highest BCUT2D eigenvalue weighted by atomic mass is 16.5. The highest BCUT2D eigenvalue weighted by molar-refractivity contribution is 5.98. The van der Waals surface area contributed by atoms with Crippen LogP contribution in [0.2, 0.25) is 0 Å². The van der Waals surface area contributed by atoms with Gasteiger partial charge in [0, 0.05) is 6.04 Å². The summed E-state index contributed by atoms with van der Waals surface area (Å²) in [6.45, 7) is 6.69. The number of anilines is 2. The molecule has 0 bridgehead atoms. The number of rotatable bonds is 5. The number of esters is 1. The smallest absolute Gasteiger partial charge is 0.340 e. The summed E-state index contributed by atoms with van der Waals surface area (Å²) in [5.74, 6) is 1.02. The van der Waals surface area contributed by atoms with Crippen LogP contribution in [0.5, 0.6) is 0 Å². The van der Waals surface area contributed by atoms with Gasteiger partial charge in [0.1, 0.15) is 0 Å². The van der Waals surface area contributed by atoms with Crippen molar-refractivity contribution in [2.45, 2.75) is 46.1 Å². The van der Waals surface area contributed by atoms with E-state index in [1.165, 1.54) is 12.8 Å². The van der Waals surface area contributed by atoms with Crippen LogP contribution in [-0.4, -0.2) is 18.6 Å². The fourth-order valence-electron chi connectivity index (χ4n) is 3.32. The quantitative estimate of drug-likeness (QED) is 0.641. The molecule has 3 unspecified atom stereocenters. The normalized spacial score (nSPS) is 24.8. The molecule has 0 aromatic heterocycles. The van der Waals surface area contributed by atoms with Crippen molar-refractivity contribution < 1.29 is 9.53 Å². The van der Waals surface area contributed by atoms with Crippen LogP contribution in [-0.2, 0) is 4.74 Å². The van der Waals surface area contributed by atoms with Gasteiger partial charge in [-0.2, -0.15) is 0 Å². The standard InChI is InChI=1S/C17H26N2O2/c1-4-12-9-10-15(11(12)3)19-16-13(17(20)21-5-2)7-6-8-14(16)18/h6-8,11-12,15,19H,4-5,9-10,18H2,1-3H3. The summed E-state index contributed by atoms with van der Waals surface area (Å²) in [5.41, 5.74) is 7.94. The van der Waals surface area contributed by atoms with Crippen molar-refractivity contribution in [1.82, 2.24) is 0 Å². The van der Waals surface area contributed by atoms with E-state index in [0.29, 0.717) is 29.8 Å². The van der Waals surface area contributed by atoms with Gasteiger partial charge >= 0.3 is 5.97 Å². The van der Waals surface area contributed by atoms with Gasteiger partial charge in [-0.05, 0) is 43.7 Å². The monoisotopic (exact) mass is 290 g/mol. The van der Waals surface area contributed by atoms with E-state index in [0.717, 1.165) is 18.0 Å². The van der Waals surface area contributed by atoms with E-state index in [1.54, 1.807) is 12.1 Å². The van der Waals surface area contributed by atoms with E-state index in [2.05, 4.69) is 19.2 Å². The Morgan fingerprint density at radius 2 is 2.14 bits per heavy atom. The molecule has 1 aromatic carbocycles. The molecule has 4 heteroatoms. The fraction of sp³-hybridized carbons (Fsp3) is 0.588. The summed E-state index contributed by atoms with van der Waals surface area (Å²) < 4.78 is 5.12. The Labute approximate surface area is 127 Å². The van der Waals surface area contributed by atoms with Crippen molar-refractivity contribution in [3.8, 4) is 0 Å². The summed E-state index contributed by atoms with van der Waals surface area (Å²) in [6.07, 6.45) is 3.56. The first kappa shape index (κ1) is 15.7. The van der Waals surface area contributed by atoms with Crippen LogP contribution in [0.4, 0.5) is 11.4 Å². The molecule has 1 fully saturated rings. The lowest BCUT2D eigenvalue weighted by Gasteiger charge is -2.24. The van der Waals surface area contributed by atoms with Crippen LogP contribution in [0.25, 0.3) is 0 Å². The molecule has 0 amide bonds. The van der Waals surface area contributed by atoms with Crippen molar-refractivity contribution in [2.24, 2.45) is 11.8 Å². The lowest BCUT2D eigenvalue weighted by atomic mass is 9.93. The number of ether oxygens (including phenoxy) is 1. The Kier molecular flexibility index (Phi) is 5.10. The molecule has 2 rings (SSSR count). The van der Waals surface area contributed by atoms with Gasteiger partial charge in [0.25, 0.3) is 0 Å². The van der Waals surface area contributed by atoms with Crippen LogP contribution < -0.4 is 11.1 Å². The molecule has 0 heterocycles. The first-order valence-corrected chi connectivity index (χ1v) is 7.90. The summed E-state index contributed by atoms with van der Waals surface area (Å²) in [6, 6.07) is 5.75. The first-order chi connectivity index (χ1) is 10.1. The van der Waals surface area contributed by atoms with Crippen molar-refractivity contribution in [1.29, 1.82) is 0 Å². The van der Waals surface area contributed by atoms with Crippen LogP contribution in [0, 0.1) is 11.8 Å². The van der Waals surface area contributed by atoms with E-state index in [-0.39, 0.29) is 5.97 Å². The second-order valence-electron chi connectivity index (χ2n) is 5.85. The van der Waals surface area contributed by atoms with Crippen molar-refractivity contribution in [3.05, 3.63) is 23.8 Å². The average molecular weight is 290 g/mol. The molecule has 0 radical (unpaired) electrons. The molecule has 1 aliphatic rings. The molecule has 3 atom stereocenters. The Bertz CT molecular complexity index is 502. The molecular formula is C17H26N2O2. The third-order valence-corrected chi connectivity index (χ3v) is 4.67. The predicted molar refractivity (Wildman–Crippen MR) is 86.4 cm³/mol. The molecule has 0 spiro atoms. The number of hydrogen-bond acceptors (Lipinski definition) is 4. The fourth-order valence-corrected chi connectivity index (χ4v) is 3.32. The number of nitrogens with one attached hydrogen (secondary N) is 1. The van der Waals surface area contributed by atoms with Gasteiger partial charge in [-0.25, -0.2) is 4.79 Å². The number of nitrogen functional groups attached to an aromatic ring is 1. The molecule has 1 aliphatic carbocycles. The Morgan fingerprint density at radius 1 is 1.38 bits per heavy atom. The van der Waals surface area contributed by atoms with Gasteiger partial charge in [0.2, 0.25) is 0 Å². The molecule has 0 aliphatic heterocycles. The number of nitrogens with two attached hydrogens (primary N) is 1. The van der Waals surface area contributed by atoms with E-state index >= 15 is 0 Å². The second-order valence-corrected chi connectivity index (χ2v) is 5.85. The van der Waals surface area contributed by atoms with Crippen molar-refractivity contribution in [2.75, 3.05) is 17.7 Å². The molecule has 3 N–H and O–H groups in total. The third-order valence-electron chi connectivity index (χ3n) is 4.67. The predicted octanol–water partition coefficient (Wildman–Crippen LogP) is 3.68. The Morgan fingerprint density at radius 3 is 2.76 bits per heavy atom. The number of benzene rings is 1. The van der Waals surface area contributed by atoms with Crippen molar-refractivity contribution in [3.63, 3.8) is 0 Å². The first-order valence-electron chi connectivity index (χ1n) is 7.90. The van der Waals surface area contributed by atoms with E-state index in [4.69, 9.17) is 10.5 Å². The number of para-hydroxylation sites is 1. The SMILES string of the molecule is CCOC(=O)c1cccc(N)c1NC1CCC(CC)C1C. The van der Waals surface area contributed by atoms with Crippen LogP contribution in [0.15, 0.2) is 18.2 Å². The van der Waals surface area contributed by atoms with Gasteiger partial charge < -0.3 is 15.8 Å². The van der Waals surface area contributed by atoms with Gasteiger partial charge in [-0.3, -0.25) is 0 Å². The molecular weight excluding hydrogens is 264 g/mol. The summed E-state index contributed by atoms with van der Waals surface area (Å²) in [4.78, 5) is 12.1. The van der Waals surface area contributed by atoms with Crippen LogP contribution in [0.3, 0.4) is 0 Å². The largest absolute Gasteiger partial charge is 0.462 e. The Balaban J connectivity index is 2.21. The van der Waals surface area contributed by atoms with Crippen LogP contribution in [0.1, 0.15) is 50.4 Å². The maximum absolute atomic E-state index is 12.1. The highest BCUT2D eigenvalue weighted by Gasteiger charge is 2.32. The Hall–Kier alpha value is -1.71. The molecule has 1 saturated carbocycles. The van der Waals surface area contributed by atoms with Gasteiger partial charge in [0.05, 0.1) is 23.5 Å². The van der Waals surface area contributed by atoms with E-state index < -0.39 is 0 Å². The van der Waals surface area contributed by atoms with Gasteiger partial charge in [-0.15, -0.1) is 0 Å². The lowest BCUT2D eigenvalue weighted by Crippen LogP contribution is -2.26. The lowest BCUT2D eigenvalue weighted by molar-refractivity contribution is 0.0527. The minimum atomic E-state index is -0.315. The zero-order chi connectivity index (χ0) is 15.4. The highest BCUT2D eigenvalue weighted by Crippen LogP contribution is 2.37. The van der Waals surface area contributed by atoms with Crippen molar-refractivity contribution >= 4 is 17.3 Å². The molecule has 0 saturated heterocycles. The summed E-state index contributed by atoms with van der Waals surface area (Å²) in [5, 5.41) is 3.51. The summed E-state index contributed by atoms with van der Waals surface area (Å²) in [7, 11) is 0.